The molecule has 0 aromatic rings. The van der Waals surface area contributed by atoms with Crippen LogP contribution in [0.5, 0.6) is 0 Å². The lowest BCUT2D eigenvalue weighted by Gasteiger charge is -2.28. The normalized spacial score (nSPS) is 13.7. The number of quaternary nitrogens is 1. The zero-order valence-corrected chi connectivity index (χ0v) is 60.2. The van der Waals surface area contributed by atoms with Crippen LogP contribution in [0.4, 0.5) is 0 Å². The second-order valence-electron chi connectivity index (χ2n) is 26.3. The van der Waals surface area contributed by atoms with Crippen molar-refractivity contribution in [2.24, 2.45) is 0 Å². The van der Waals surface area contributed by atoms with Crippen molar-refractivity contribution < 1.29 is 42.1 Å². The molecule has 0 saturated heterocycles. The van der Waals surface area contributed by atoms with E-state index in [1.807, 2.05) is 21.1 Å². The summed E-state index contributed by atoms with van der Waals surface area (Å²) in [6.07, 6.45) is 99.0. The van der Waals surface area contributed by atoms with Gasteiger partial charge in [0.25, 0.3) is 7.82 Å². The number of esters is 2. The summed E-state index contributed by atoms with van der Waals surface area (Å²) >= 11 is 0. The molecule has 90 heavy (non-hydrogen) atoms. The van der Waals surface area contributed by atoms with Crippen molar-refractivity contribution in [2.75, 3.05) is 47.5 Å². The van der Waals surface area contributed by atoms with Crippen LogP contribution >= 0.6 is 7.82 Å². The Bertz CT molecular complexity index is 1890. The predicted octanol–water partition coefficient (Wildman–Crippen LogP) is 24.2. The van der Waals surface area contributed by atoms with Gasteiger partial charge in [0.2, 0.25) is 0 Å². The van der Waals surface area contributed by atoms with Gasteiger partial charge in [0.1, 0.15) is 19.8 Å². The van der Waals surface area contributed by atoms with Gasteiger partial charge in [-0.25, -0.2) is 0 Å². The fourth-order valence-corrected chi connectivity index (χ4v) is 11.3. The lowest BCUT2D eigenvalue weighted by Crippen LogP contribution is -2.37. The molecule has 0 aliphatic rings. The smallest absolute Gasteiger partial charge is 0.306 e. The average molecular weight is 1280 g/mol. The Morgan fingerprint density at radius 3 is 0.944 bits per heavy atom. The predicted molar refractivity (Wildman–Crippen MR) is 388 cm³/mol. The summed E-state index contributed by atoms with van der Waals surface area (Å²) in [6.45, 7) is 4.15. The summed E-state index contributed by atoms with van der Waals surface area (Å²) in [5, 5.41) is 0. The number of ether oxygens (including phenoxy) is 2. The van der Waals surface area contributed by atoms with Crippen LogP contribution in [0.25, 0.3) is 0 Å². The third-order valence-corrected chi connectivity index (χ3v) is 17.3. The van der Waals surface area contributed by atoms with Crippen molar-refractivity contribution >= 4 is 19.8 Å². The molecule has 0 fully saturated rings. The molecule has 2 unspecified atom stereocenters. The van der Waals surface area contributed by atoms with E-state index in [9.17, 15) is 19.0 Å². The van der Waals surface area contributed by atoms with E-state index in [2.05, 4.69) is 123 Å². The number of hydrogen-bond acceptors (Lipinski definition) is 8. The largest absolute Gasteiger partial charge is 0.756 e. The molecule has 0 N–H and O–H groups in total. The quantitative estimate of drug-likeness (QED) is 0.0195. The Morgan fingerprint density at radius 2 is 0.633 bits per heavy atom. The van der Waals surface area contributed by atoms with Gasteiger partial charge in [-0.1, -0.05) is 348 Å². The molecule has 0 saturated carbocycles. The lowest BCUT2D eigenvalue weighted by molar-refractivity contribution is -0.870. The monoisotopic (exact) mass is 1280 g/mol. The molecular formula is C80H142NO8P. The van der Waals surface area contributed by atoms with E-state index >= 15 is 0 Å². The van der Waals surface area contributed by atoms with Crippen molar-refractivity contribution in [3.05, 3.63) is 109 Å². The molecule has 520 valence electrons. The summed E-state index contributed by atoms with van der Waals surface area (Å²) in [5.41, 5.74) is 0. The molecule has 9 nitrogen and oxygen atoms in total. The first-order valence-electron chi connectivity index (χ1n) is 37.6. The van der Waals surface area contributed by atoms with Gasteiger partial charge >= 0.3 is 11.9 Å². The van der Waals surface area contributed by atoms with Crippen LogP contribution in [-0.2, 0) is 32.7 Å². The molecule has 0 aliphatic carbocycles. The number of allylic oxidation sites excluding steroid dienone is 18. The molecule has 0 heterocycles. The number of likely N-dealkylation sites (N-methyl/N-ethyl adjacent to an activating group) is 1. The Labute approximate surface area is 556 Å². The first kappa shape index (κ1) is 86.7. The van der Waals surface area contributed by atoms with Crippen molar-refractivity contribution in [1.29, 1.82) is 0 Å². The maximum absolute atomic E-state index is 12.9. The summed E-state index contributed by atoms with van der Waals surface area (Å²) in [5.74, 6) is -0.838. The van der Waals surface area contributed by atoms with E-state index in [0.717, 1.165) is 103 Å². The first-order chi connectivity index (χ1) is 44.0. The number of nitrogens with zero attached hydrogens (tertiary/aromatic N) is 1. The van der Waals surface area contributed by atoms with Gasteiger partial charge in [-0.15, -0.1) is 0 Å². The number of phosphoric acid groups is 1. The zero-order chi connectivity index (χ0) is 65.5. The molecule has 0 bridgehead atoms. The molecular weight excluding hydrogens is 1130 g/mol. The van der Waals surface area contributed by atoms with Crippen molar-refractivity contribution in [3.8, 4) is 0 Å². The van der Waals surface area contributed by atoms with Gasteiger partial charge in [0.05, 0.1) is 27.7 Å². The second-order valence-corrected chi connectivity index (χ2v) is 27.7. The van der Waals surface area contributed by atoms with E-state index in [1.54, 1.807) is 0 Å². The first-order valence-corrected chi connectivity index (χ1v) is 39.1. The van der Waals surface area contributed by atoms with Crippen molar-refractivity contribution in [3.63, 3.8) is 0 Å². The van der Waals surface area contributed by atoms with Crippen LogP contribution in [0.3, 0.4) is 0 Å². The van der Waals surface area contributed by atoms with Crippen LogP contribution in [0.15, 0.2) is 109 Å². The van der Waals surface area contributed by atoms with Gasteiger partial charge < -0.3 is 27.9 Å². The number of carbonyl (C=O) groups is 2. The number of phosphoric ester groups is 1. The van der Waals surface area contributed by atoms with E-state index in [0.29, 0.717) is 17.4 Å². The maximum Gasteiger partial charge on any atom is 0.306 e. The maximum atomic E-state index is 12.9. The second kappa shape index (κ2) is 70.0. The lowest BCUT2D eigenvalue weighted by atomic mass is 10.0. The van der Waals surface area contributed by atoms with E-state index in [1.165, 1.54) is 199 Å². The third kappa shape index (κ3) is 73.7. The molecule has 2 atom stereocenters. The molecule has 0 aromatic heterocycles. The fourth-order valence-electron chi connectivity index (χ4n) is 10.6. The van der Waals surface area contributed by atoms with Crippen LogP contribution in [0, 0.1) is 0 Å². The Kier molecular flexibility index (Phi) is 67.4. The molecule has 0 spiro atoms. The number of unbranched alkanes of at least 4 members (excludes halogenated alkanes) is 37. The molecule has 10 heteroatoms. The highest BCUT2D eigenvalue weighted by Gasteiger charge is 2.22. The minimum absolute atomic E-state index is 0.0366. The Hall–Kier alpha value is -3.33. The zero-order valence-electron chi connectivity index (χ0n) is 59.3. The van der Waals surface area contributed by atoms with Gasteiger partial charge in [0.15, 0.2) is 6.10 Å². The number of carbonyl (C=O) groups excluding carboxylic acids is 2. The van der Waals surface area contributed by atoms with E-state index < -0.39 is 26.5 Å². The minimum Gasteiger partial charge on any atom is -0.756 e. The molecule has 0 amide bonds. The average Bonchev–Trinajstić information content (AvgIpc) is 3.61. The summed E-state index contributed by atoms with van der Waals surface area (Å²) < 4.78 is 34.4. The van der Waals surface area contributed by atoms with E-state index in [-0.39, 0.29) is 32.0 Å². The van der Waals surface area contributed by atoms with Crippen molar-refractivity contribution in [2.45, 2.75) is 341 Å². The number of rotatable bonds is 69. The molecule has 0 aliphatic heterocycles. The molecule has 0 aromatic carbocycles. The van der Waals surface area contributed by atoms with Crippen LogP contribution in [0.2, 0.25) is 0 Å². The van der Waals surface area contributed by atoms with Gasteiger partial charge in [-0.3, -0.25) is 14.2 Å². The summed E-state index contributed by atoms with van der Waals surface area (Å²) in [7, 11) is 1.16. The summed E-state index contributed by atoms with van der Waals surface area (Å²) in [4.78, 5) is 38.1. The Balaban J connectivity index is 4.06. The summed E-state index contributed by atoms with van der Waals surface area (Å²) in [6, 6.07) is 0. The fraction of sp³-hybridized carbons (Fsp3) is 0.750. The van der Waals surface area contributed by atoms with Crippen LogP contribution < -0.4 is 4.89 Å². The highest BCUT2D eigenvalue weighted by molar-refractivity contribution is 7.45. The van der Waals surface area contributed by atoms with E-state index in [4.69, 9.17) is 18.5 Å². The molecule has 0 rings (SSSR count). The standard InChI is InChI=1S/C80H142NO8P/c1-6-8-10-12-14-16-18-20-22-24-26-28-30-32-34-36-38-39-40-41-43-45-47-49-51-53-55-57-59-61-63-65-67-69-71-73-80(83)89-78(77-88-90(84,85)87-75-74-81(3,4)5)76-86-79(82)72-70-68-66-64-62-60-58-56-54-52-50-48-46-44-42-37-35-33-31-29-27-25-23-21-19-17-15-13-11-9-7-2/h8,10,14,16,20,22,26,28,32,34,38-39,41,43,47,49,53,55,78H,6-7,9,11-13,15,17-19,21,23-25,27,29-31,33,35-37,40,42,44-46,48,50-52,54,56-77H2,1-5H3/b10-8-,16-14-,22-20-,28-26-,34-32-,39-38-,43-41-,49-47-,55-53-. The molecule has 0 radical (unpaired) electrons. The highest BCUT2D eigenvalue weighted by atomic mass is 31.2. The van der Waals surface area contributed by atoms with Crippen molar-refractivity contribution in [1.82, 2.24) is 0 Å². The highest BCUT2D eigenvalue weighted by Crippen LogP contribution is 2.38. The topological polar surface area (TPSA) is 111 Å². The van der Waals surface area contributed by atoms with Gasteiger partial charge in [-0.05, 0) is 83.5 Å². The number of hydrogen-bond donors (Lipinski definition) is 0. The van der Waals surface area contributed by atoms with Gasteiger partial charge in [0, 0.05) is 12.8 Å². The van der Waals surface area contributed by atoms with Crippen LogP contribution in [0.1, 0.15) is 335 Å². The Morgan fingerprint density at radius 1 is 0.356 bits per heavy atom. The third-order valence-electron chi connectivity index (χ3n) is 16.3. The van der Waals surface area contributed by atoms with Gasteiger partial charge in [-0.2, -0.15) is 0 Å². The minimum atomic E-state index is -4.65. The van der Waals surface area contributed by atoms with Crippen LogP contribution in [-0.4, -0.2) is 70.0 Å². The SMILES string of the molecule is CC/C=C\C/C=C\C/C=C\C/C=C\C/C=C\C/C=C\C/C=C\C/C=C\C/C=C\CCCCCCCCCC(=O)OC(COC(=O)CCCCCCCCCCCCCCCCCCCCCCCCCCCCCCCCC)COP(=O)([O-])OCC[N+](C)(C)C.